The fourth-order valence-electron chi connectivity index (χ4n) is 1.35. The lowest BCUT2D eigenvalue weighted by Gasteiger charge is -2.02. The van der Waals surface area contributed by atoms with Crippen molar-refractivity contribution in [1.29, 1.82) is 0 Å². The Morgan fingerprint density at radius 3 is 2.69 bits per heavy atom. The number of rotatable bonds is 1. The van der Waals surface area contributed by atoms with Crippen LogP contribution in [0.3, 0.4) is 0 Å². The van der Waals surface area contributed by atoms with Gasteiger partial charge in [-0.1, -0.05) is 40.2 Å². The molecule has 0 bridgehead atoms. The van der Waals surface area contributed by atoms with Crippen molar-refractivity contribution in [3.05, 3.63) is 40.4 Å². The Kier molecular flexibility index (Phi) is 2.19. The minimum atomic E-state index is 0.00639. The first kappa shape index (κ1) is 8.51. The van der Waals surface area contributed by atoms with Crippen LogP contribution in [0.4, 0.5) is 0 Å². The van der Waals surface area contributed by atoms with E-state index in [-0.39, 0.29) is 5.91 Å². The van der Waals surface area contributed by atoms with Gasteiger partial charge in [0.25, 0.3) is 5.91 Å². The number of hydrogen-bond acceptors (Lipinski definition) is 1. The Morgan fingerprint density at radius 1 is 1.31 bits per heavy atom. The Labute approximate surface area is 84.8 Å². The molecule has 0 unspecified atom stereocenters. The van der Waals surface area contributed by atoms with Crippen LogP contribution in [0.5, 0.6) is 0 Å². The molecule has 1 N–H and O–H groups in total. The van der Waals surface area contributed by atoms with Crippen molar-refractivity contribution in [3.8, 4) is 0 Å². The van der Waals surface area contributed by atoms with Crippen molar-refractivity contribution in [2.75, 3.05) is 6.54 Å². The maximum atomic E-state index is 11.3. The van der Waals surface area contributed by atoms with Gasteiger partial charge in [0.15, 0.2) is 0 Å². The van der Waals surface area contributed by atoms with Crippen LogP contribution in [0.2, 0.25) is 0 Å². The zero-order valence-corrected chi connectivity index (χ0v) is 8.47. The van der Waals surface area contributed by atoms with Gasteiger partial charge >= 0.3 is 0 Å². The molecule has 3 heteroatoms. The van der Waals surface area contributed by atoms with Gasteiger partial charge in [-0.2, -0.15) is 0 Å². The number of carbonyl (C=O) groups excluding carboxylic acids is 1. The molecule has 1 amide bonds. The second kappa shape index (κ2) is 3.34. The Balaban J connectivity index is 2.46. The largest absolute Gasteiger partial charge is 0.349 e. The molecule has 0 aromatic heterocycles. The van der Waals surface area contributed by atoms with E-state index in [0.29, 0.717) is 6.54 Å². The molecular formula is C10H8BrNO. The summed E-state index contributed by atoms with van der Waals surface area (Å²) in [6.45, 7) is 0.634. The van der Waals surface area contributed by atoms with Crippen molar-refractivity contribution < 1.29 is 4.79 Å². The fraction of sp³-hybridized carbons (Fsp3) is 0.100. The summed E-state index contributed by atoms with van der Waals surface area (Å²) in [5.41, 5.74) is 1.71. The molecule has 0 saturated heterocycles. The monoisotopic (exact) mass is 237 g/mol. The van der Waals surface area contributed by atoms with Crippen LogP contribution in [0.25, 0.3) is 5.57 Å². The minimum Gasteiger partial charge on any atom is -0.349 e. The van der Waals surface area contributed by atoms with Crippen LogP contribution >= 0.6 is 15.9 Å². The number of benzene rings is 1. The minimum absolute atomic E-state index is 0.00639. The van der Waals surface area contributed by atoms with Gasteiger partial charge in [0.1, 0.15) is 0 Å². The van der Waals surface area contributed by atoms with E-state index in [1.807, 2.05) is 30.3 Å². The fourth-order valence-corrected chi connectivity index (χ4v) is 1.84. The smallest absolute Gasteiger partial charge is 0.251 e. The molecule has 2 rings (SSSR count). The molecule has 0 saturated carbocycles. The van der Waals surface area contributed by atoms with E-state index < -0.39 is 0 Å². The number of hydrogen-bond donors (Lipinski definition) is 1. The lowest BCUT2D eigenvalue weighted by atomic mass is 10.1. The van der Waals surface area contributed by atoms with Crippen molar-refractivity contribution in [2.45, 2.75) is 0 Å². The number of nitrogens with one attached hydrogen (secondary N) is 1. The Hall–Kier alpha value is -1.09. The number of halogens is 1. The molecule has 0 spiro atoms. The highest BCUT2D eigenvalue weighted by molar-refractivity contribution is 9.10. The van der Waals surface area contributed by atoms with Gasteiger partial charge in [-0.25, -0.2) is 0 Å². The maximum Gasteiger partial charge on any atom is 0.251 e. The molecule has 1 aliphatic heterocycles. The van der Waals surface area contributed by atoms with Gasteiger partial charge in [-0.3, -0.25) is 4.79 Å². The highest BCUT2D eigenvalue weighted by Crippen LogP contribution is 2.25. The summed E-state index contributed by atoms with van der Waals surface area (Å²) in [4.78, 5) is 11.3. The molecule has 0 aliphatic carbocycles. The molecule has 1 aromatic carbocycles. The average Bonchev–Trinajstić information content (AvgIpc) is 2.52. The van der Waals surface area contributed by atoms with Gasteiger partial charge in [0.2, 0.25) is 0 Å². The van der Waals surface area contributed by atoms with Crippen molar-refractivity contribution in [2.24, 2.45) is 0 Å². The predicted molar refractivity (Wildman–Crippen MR) is 55.1 cm³/mol. The molecule has 0 radical (unpaired) electrons. The van der Waals surface area contributed by atoms with Crippen LogP contribution in [0.15, 0.2) is 34.8 Å². The topological polar surface area (TPSA) is 29.1 Å². The Bertz CT molecular complexity index is 384. The zero-order chi connectivity index (χ0) is 9.26. The summed E-state index contributed by atoms with van der Waals surface area (Å²) in [7, 11) is 0. The first-order valence-corrected chi connectivity index (χ1v) is 4.81. The molecule has 0 fully saturated rings. The van der Waals surface area contributed by atoms with E-state index in [9.17, 15) is 4.79 Å². The van der Waals surface area contributed by atoms with Crippen LogP contribution in [-0.4, -0.2) is 12.5 Å². The molecule has 0 atom stereocenters. The van der Waals surface area contributed by atoms with Crippen LogP contribution in [-0.2, 0) is 4.79 Å². The van der Waals surface area contributed by atoms with E-state index in [1.165, 1.54) is 0 Å². The lowest BCUT2D eigenvalue weighted by Crippen LogP contribution is -2.16. The zero-order valence-electron chi connectivity index (χ0n) is 6.88. The SMILES string of the molecule is O=C1NCC=C1c1ccccc1Br. The van der Waals surface area contributed by atoms with Gasteiger partial charge in [0.05, 0.1) is 0 Å². The van der Waals surface area contributed by atoms with E-state index in [1.54, 1.807) is 0 Å². The third kappa shape index (κ3) is 1.52. The van der Waals surface area contributed by atoms with Crippen molar-refractivity contribution in [1.82, 2.24) is 5.32 Å². The standard InChI is InChI=1S/C10H8BrNO/c11-9-4-2-1-3-7(9)8-5-6-12-10(8)13/h1-5H,6H2,(H,12,13). The van der Waals surface area contributed by atoms with Gasteiger partial charge in [-0.05, 0) is 6.07 Å². The third-order valence-corrected chi connectivity index (χ3v) is 2.67. The van der Waals surface area contributed by atoms with Crippen molar-refractivity contribution >= 4 is 27.4 Å². The summed E-state index contributed by atoms with van der Waals surface area (Å²) in [6.07, 6.45) is 1.91. The maximum absolute atomic E-state index is 11.3. The van der Waals surface area contributed by atoms with Gasteiger partial charge in [0, 0.05) is 22.2 Å². The summed E-state index contributed by atoms with van der Waals surface area (Å²) in [5.74, 6) is 0.00639. The molecular weight excluding hydrogens is 230 g/mol. The quantitative estimate of drug-likeness (QED) is 0.796. The van der Waals surface area contributed by atoms with E-state index in [4.69, 9.17) is 0 Å². The van der Waals surface area contributed by atoms with Gasteiger partial charge in [-0.15, -0.1) is 0 Å². The first-order valence-electron chi connectivity index (χ1n) is 4.02. The highest BCUT2D eigenvalue weighted by Gasteiger charge is 2.17. The average molecular weight is 238 g/mol. The lowest BCUT2D eigenvalue weighted by molar-refractivity contribution is -0.114. The van der Waals surface area contributed by atoms with E-state index >= 15 is 0 Å². The first-order chi connectivity index (χ1) is 6.29. The van der Waals surface area contributed by atoms with Crippen LogP contribution < -0.4 is 5.32 Å². The molecule has 1 heterocycles. The second-order valence-electron chi connectivity index (χ2n) is 2.81. The third-order valence-electron chi connectivity index (χ3n) is 1.98. The normalized spacial score (nSPS) is 15.5. The van der Waals surface area contributed by atoms with Crippen LogP contribution in [0, 0.1) is 0 Å². The summed E-state index contributed by atoms with van der Waals surface area (Å²) < 4.78 is 0.957. The number of amides is 1. The molecule has 13 heavy (non-hydrogen) atoms. The predicted octanol–water partition coefficient (Wildman–Crippen LogP) is 1.96. The van der Waals surface area contributed by atoms with E-state index in [0.717, 1.165) is 15.6 Å². The van der Waals surface area contributed by atoms with Crippen molar-refractivity contribution in [3.63, 3.8) is 0 Å². The van der Waals surface area contributed by atoms with Crippen LogP contribution in [0.1, 0.15) is 5.56 Å². The molecule has 1 aliphatic rings. The summed E-state index contributed by atoms with van der Waals surface area (Å²) in [5, 5.41) is 2.74. The Morgan fingerprint density at radius 2 is 2.08 bits per heavy atom. The summed E-state index contributed by atoms with van der Waals surface area (Å²) >= 11 is 3.41. The second-order valence-corrected chi connectivity index (χ2v) is 3.66. The molecule has 66 valence electrons. The summed E-state index contributed by atoms with van der Waals surface area (Å²) in [6, 6.07) is 7.72. The van der Waals surface area contributed by atoms with E-state index in [2.05, 4.69) is 21.2 Å². The highest BCUT2D eigenvalue weighted by atomic mass is 79.9. The number of carbonyl (C=O) groups is 1. The molecule has 1 aromatic rings. The molecule has 2 nitrogen and oxygen atoms in total. The van der Waals surface area contributed by atoms with Gasteiger partial charge < -0.3 is 5.32 Å².